The Morgan fingerprint density at radius 1 is 1.06 bits per heavy atom. The van der Waals surface area contributed by atoms with E-state index in [1.807, 2.05) is 23.1 Å². The fraction of sp³-hybridized carbons (Fsp3) is 0.708. The van der Waals surface area contributed by atoms with Crippen molar-refractivity contribution in [1.29, 1.82) is 0 Å². The third kappa shape index (κ3) is 5.51. The third-order valence-electron chi connectivity index (χ3n) is 6.95. The SMILES string of the molecule is COc1ccccc1N1CCN(C(=O)C2OC(CCN3CCCCC3)CCC2O)CC1. The van der Waals surface area contributed by atoms with E-state index in [1.165, 1.54) is 32.4 Å². The van der Waals surface area contributed by atoms with Crippen LogP contribution < -0.4 is 9.64 Å². The normalized spacial score (nSPS) is 27.9. The number of aliphatic hydroxyl groups is 1. The van der Waals surface area contributed by atoms with Gasteiger partial charge in [-0.1, -0.05) is 18.6 Å². The molecular weight excluding hydrogens is 394 g/mol. The highest BCUT2D eigenvalue weighted by molar-refractivity contribution is 5.82. The van der Waals surface area contributed by atoms with Gasteiger partial charge in [0.2, 0.25) is 0 Å². The van der Waals surface area contributed by atoms with Gasteiger partial charge < -0.3 is 29.3 Å². The average Bonchev–Trinajstić information content (AvgIpc) is 2.84. The summed E-state index contributed by atoms with van der Waals surface area (Å²) < 4.78 is 11.6. The van der Waals surface area contributed by atoms with Gasteiger partial charge in [-0.05, 0) is 57.3 Å². The molecule has 1 amide bonds. The van der Waals surface area contributed by atoms with E-state index in [9.17, 15) is 9.90 Å². The summed E-state index contributed by atoms with van der Waals surface area (Å²) in [7, 11) is 1.68. The predicted molar refractivity (Wildman–Crippen MR) is 121 cm³/mol. The number of rotatable bonds is 6. The van der Waals surface area contributed by atoms with Crippen LogP contribution in [0.15, 0.2) is 24.3 Å². The first-order valence-corrected chi connectivity index (χ1v) is 11.9. The molecule has 172 valence electrons. The van der Waals surface area contributed by atoms with Gasteiger partial charge in [-0.2, -0.15) is 0 Å². The second-order valence-corrected chi connectivity index (χ2v) is 9.00. The molecule has 4 rings (SSSR count). The average molecular weight is 432 g/mol. The summed E-state index contributed by atoms with van der Waals surface area (Å²) in [6, 6.07) is 7.98. The maximum atomic E-state index is 13.2. The number of aliphatic hydroxyl groups excluding tert-OH is 1. The van der Waals surface area contributed by atoms with E-state index in [2.05, 4.69) is 15.9 Å². The molecule has 0 radical (unpaired) electrons. The number of anilines is 1. The first kappa shape index (κ1) is 22.4. The minimum absolute atomic E-state index is 0.0603. The summed E-state index contributed by atoms with van der Waals surface area (Å²) in [5.74, 6) is 0.791. The molecule has 3 heterocycles. The van der Waals surface area contributed by atoms with Crippen LogP contribution in [0, 0.1) is 0 Å². The summed E-state index contributed by atoms with van der Waals surface area (Å²) in [6.07, 6.45) is 4.96. The first-order chi connectivity index (χ1) is 15.2. The molecular formula is C24H37N3O4. The lowest BCUT2D eigenvalue weighted by molar-refractivity contribution is -0.168. The number of piperazine rings is 1. The van der Waals surface area contributed by atoms with Crippen LogP contribution >= 0.6 is 0 Å². The third-order valence-corrected chi connectivity index (χ3v) is 6.95. The van der Waals surface area contributed by atoms with Crippen LogP contribution in [0.2, 0.25) is 0 Å². The van der Waals surface area contributed by atoms with E-state index in [0.717, 1.165) is 43.9 Å². The molecule has 1 N–H and O–H groups in total. The Morgan fingerprint density at radius 3 is 2.55 bits per heavy atom. The predicted octanol–water partition coefficient (Wildman–Crippen LogP) is 2.13. The molecule has 7 nitrogen and oxygen atoms in total. The largest absolute Gasteiger partial charge is 0.495 e. The molecule has 3 atom stereocenters. The van der Waals surface area contributed by atoms with Gasteiger partial charge in [0.25, 0.3) is 5.91 Å². The van der Waals surface area contributed by atoms with Crippen molar-refractivity contribution < 1.29 is 19.4 Å². The number of ether oxygens (including phenoxy) is 2. The van der Waals surface area contributed by atoms with E-state index in [4.69, 9.17) is 9.47 Å². The molecule has 3 aliphatic heterocycles. The van der Waals surface area contributed by atoms with Crippen LogP contribution in [0.3, 0.4) is 0 Å². The number of para-hydroxylation sites is 2. The standard InChI is InChI=1S/C24H37N3O4/c1-30-22-8-4-3-7-20(22)26-15-17-27(18-16-26)24(29)23-21(28)10-9-19(31-23)11-14-25-12-5-2-6-13-25/h3-4,7-8,19,21,23,28H,2,5-6,9-18H2,1H3. The molecule has 1 aromatic carbocycles. The van der Waals surface area contributed by atoms with Gasteiger partial charge in [-0.3, -0.25) is 4.79 Å². The summed E-state index contributed by atoms with van der Waals surface area (Å²) >= 11 is 0. The fourth-order valence-electron chi connectivity index (χ4n) is 5.06. The summed E-state index contributed by atoms with van der Waals surface area (Å²) in [5, 5.41) is 10.5. The lowest BCUT2D eigenvalue weighted by atomic mass is 9.97. The highest BCUT2D eigenvalue weighted by atomic mass is 16.5. The lowest BCUT2D eigenvalue weighted by Gasteiger charge is -2.40. The van der Waals surface area contributed by atoms with Gasteiger partial charge in [0, 0.05) is 32.7 Å². The second kappa shape index (κ2) is 10.7. The molecule has 31 heavy (non-hydrogen) atoms. The smallest absolute Gasteiger partial charge is 0.254 e. The Balaban J connectivity index is 1.29. The van der Waals surface area contributed by atoms with Crippen molar-refractivity contribution >= 4 is 11.6 Å². The van der Waals surface area contributed by atoms with Crippen molar-refractivity contribution in [2.45, 2.75) is 56.8 Å². The zero-order valence-corrected chi connectivity index (χ0v) is 18.7. The Labute approximate surface area is 185 Å². The van der Waals surface area contributed by atoms with Crippen LogP contribution in [0.1, 0.15) is 38.5 Å². The molecule has 0 spiro atoms. The van der Waals surface area contributed by atoms with Gasteiger partial charge in [-0.15, -0.1) is 0 Å². The van der Waals surface area contributed by atoms with Crippen molar-refractivity contribution in [2.75, 3.05) is 57.8 Å². The van der Waals surface area contributed by atoms with E-state index >= 15 is 0 Å². The molecule has 0 bridgehead atoms. The number of piperidine rings is 1. The monoisotopic (exact) mass is 431 g/mol. The van der Waals surface area contributed by atoms with Crippen molar-refractivity contribution in [1.82, 2.24) is 9.80 Å². The van der Waals surface area contributed by atoms with Gasteiger partial charge in [0.15, 0.2) is 6.10 Å². The van der Waals surface area contributed by atoms with Gasteiger partial charge in [0.05, 0.1) is 25.0 Å². The number of methoxy groups -OCH3 is 1. The van der Waals surface area contributed by atoms with Gasteiger partial charge in [0.1, 0.15) is 5.75 Å². The number of benzene rings is 1. The number of hydrogen-bond donors (Lipinski definition) is 1. The number of carbonyl (C=O) groups excluding carboxylic acids is 1. The topological polar surface area (TPSA) is 65.5 Å². The van der Waals surface area contributed by atoms with Crippen LogP contribution in [0.5, 0.6) is 5.75 Å². The Kier molecular flexibility index (Phi) is 7.69. The van der Waals surface area contributed by atoms with E-state index in [0.29, 0.717) is 19.5 Å². The molecule has 3 fully saturated rings. The number of hydrogen-bond acceptors (Lipinski definition) is 6. The Hall–Kier alpha value is -1.83. The van der Waals surface area contributed by atoms with E-state index < -0.39 is 12.2 Å². The number of amides is 1. The van der Waals surface area contributed by atoms with Gasteiger partial charge in [-0.25, -0.2) is 0 Å². The molecule has 1 aromatic rings. The highest BCUT2D eigenvalue weighted by Gasteiger charge is 2.38. The summed E-state index contributed by atoms with van der Waals surface area (Å²) in [5.41, 5.74) is 1.06. The fourth-order valence-corrected chi connectivity index (χ4v) is 5.06. The van der Waals surface area contributed by atoms with Crippen molar-refractivity contribution in [2.24, 2.45) is 0 Å². The molecule has 3 saturated heterocycles. The zero-order valence-electron chi connectivity index (χ0n) is 18.7. The minimum Gasteiger partial charge on any atom is -0.495 e. The number of nitrogens with zero attached hydrogens (tertiary/aromatic N) is 3. The van der Waals surface area contributed by atoms with Crippen LogP contribution in [0.25, 0.3) is 0 Å². The Morgan fingerprint density at radius 2 is 1.81 bits per heavy atom. The zero-order chi connectivity index (χ0) is 21.6. The van der Waals surface area contributed by atoms with Gasteiger partial charge >= 0.3 is 0 Å². The quantitative estimate of drug-likeness (QED) is 0.745. The van der Waals surface area contributed by atoms with E-state index in [1.54, 1.807) is 7.11 Å². The first-order valence-electron chi connectivity index (χ1n) is 11.9. The molecule has 7 heteroatoms. The lowest BCUT2D eigenvalue weighted by Crippen LogP contribution is -2.56. The molecule has 0 aromatic heterocycles. The molecule has 0 aliphatic carbocycles. The minimum atomic E-state index is -0.724. The maximum Gasteiger partial charge on any atom is 0.254 e. The molecule has 3 unspecified atom stereocenters. The molecule has 3 aliphatic rings. The van der Waals surface area contributed by atoms with Crippen LogP contribution in [-0.4, -0.2) is 92.0 Å². The second-order valence-electron chi connectivity index (χ2n) is 9.00. The van der Waals surface area contributed by atoms with Crippen molar-refractivity contribution in [3.05, 3.63) is 24.3 Å². The van der Waals surface area contributed by atoms with Crippen molar-refractivity contribution in [3.63, 3.8) is 0 Å². The Bertz CT molecular complexity index is 717. The maximum absolute atomic E-state index is 13.2. The number of likely N-dealkylation sites (tertiary alicyclic amines) is 1. The molecule has 0 saturated carbocycles. The van der Waals surface area contributed by atoms with E-state index in [-0.39, 0.29) is 12.0 Å². The highest BCUT2D eigenvalue weighted by Crippen LogP contribution is 2.29. The summed E-state index contributed by atoms with van der Waals surface area (Å²) in [4.78, 5) is 19.8. The van der Waals surface area contributed by atoms with Crippen LogP contribution in [0.4, 0.5) is 5.69 Å². The van der Waals surface area contributed by atoms with Crippen molar-refractivity contribution in [3.8, 4) is 5.75 Å². The number of carbonyl (C=O) groups is 1. The van der Waals surface area contributed by atoms with Crippen LogP contribution in [-0.2, 0) is 9.53 Å². The summed E-state index contributed by atoms with van der Waals surface area (Å²) in [6.45, 7) is 6.12.